The summed E-state index contributed by atoms with van der Waals surface area (Å²) < 4.78 is 5.62. The van der Waals surface area contributed by atoms with E-state index in [9.17, 15) is 0 Å². The van der Waals surface area contributed by atoms with Crippen LogP contribution in [0.25, 0.3) is 0 Å². The van der Waals surface area contributed by atoms with Crippen LogP contribution >= 0.6 is 11.3 Å². The molecule has 3 nitrogen and oxygen atoms in total. The Kier molecular flexibility index (Phi) is 3.61. The summed E-state index contributed by atoms with van der Waals surface area (Å²) in [6.07, 6.45) is 2.75. The first-order valence-corrected chi connectivity index (χ1v) is 6.32. The van der Waals surface area contributed by atoms with Gasteiger partial charge < -0.3 is 15.8 Å². The van der Waals surface area contributed by atoms with Gasteiger partial charge in [-0.2, -0.15) is 0 Å². The van der Waals surface area contributed by atoms with Crippen LogP contribution in [0.5, 0.6) is 0 Å². The van der Waals surface area contributed by atoms with Crippen LogP contribution in [0.2, 0.25) is 0 Å². The van der Waals surface area contributed by atoms with E-state index in [2.05, 4.69) is 12.2 Å². The number of rotatable bonds is 4. The largest absolute Gasteiger partial charge is 0.398 e. The highest BCUT2D eigenvalue weighted by Crippen LogP contribution is 2.20. The van der Waals surface area contributed by atoms with Gasteiger partial charge in [0.25, 0.3) is 0 Å². The van der Waals surface area contributed by atoms with E-state index in [1.807, 2.05) is 11.4 Å². The fourth-order valence-corrected chi connectivity index (χ4v) is 2.63. The standard InChI is InChI=1S/C11H18N2OS/c1-8(10-3-2-5-14-10)13-7-11-9(12)4-6-15-11/h4,6,8,10,13H,2-3,5,7,12H2,1H3. The molecule has 1 aliphatic heterocycles. The highest BCUT2D eigenvalue weighted by molar-refractivity contribution is 7.10. The molecular weight excluding hydrogens is 208 g/mol. The number of nitrogens with two attached hydrogens (primary N) is 1. The number of ether oxygens (including phenoxy) is 1. The molecule has 2 heterocycles. The van der Waals surface area contributed by atoms with Crippen molar-refractivity contribution in [3.8, 4) is 0 Å². The fourth-order valence-electron chi connectivity index (χ4n) is 1.88. The van der Waals surface area contributed by atoms with Gasteiger partial charge >= 0.3 is 0 Å². The molecule has 84 valence electrons. The van der Waals surface area contributed by atoms with Crippen LogP contribution < -0.4 is 11.1 Å². The maximum Gasteiger partial charge on any atom is 0.0726 e. The Morgan fingerprint density at radius 2 is 2.60 bits per heavy atom. The third-order valence-electron chi connectivity index (χ3n) is 2.89. The van der Waals surface area contributed by atoms with Crippen molar-refractivity contribution in [2.45, 2.75) is 38.5 Å². The average molecular weight is 226 g/mol. The molecule has 0 aliphatic carbocycles. The van der Waals surface area contributed by atoms with Crippen molar-refractivity contribution in [2.75, 3.05) is 12.3 Å². The Morgan fingerprint density at radius 1 is 1.73 bits per heavy atom. The molecule has 2 rings (SSSR count). The number of nitrogen functional groups attached to an aromatic ring is 1. The van der Waals surface area contributed by atoms with Crippen molar-refractivity contribution in [1.29, 1.82) is 0 Å². The summed E-state index contributed by atoms with van der Waals surface area (Å²) in [4.78, 5) is 1.22. The van der Waals surface area contributed by atoms with Gasteiger partial charge in [0.2, 0.25) is 0 Å². The van der Waals surface area contributed by atoms with Gasteiger partial charge in [-0.25, -0.2) is 0 Å². The van der Waals surface area contributed by atoms with E-state index in [-0.39, 0.29) is 0 Å². The Labute approximate surface area is 94.6 Å². The van der Waals surface area contributed by atoms with Crippen LogP contribution in [0.15, 0.2) is 11.4 Å². The number of anilines is 1. The van der Waals surface area contributed by atoms with Crippen LogP contribution in [0.1, 0.15) is 24.6 Å². The third-order valence-corrected chi connectivity index (χ3v) is 3.82. The van der Waals surface area contributed by atoms with Gasteiger partial charge in [-0.15, -0.1) is 11.3 Å². The van der Waals surface area contributed by atoms with Crippen LogP contribution in [0, 0.1) is 0 Å². The molecule has 0 aromatic carbocycles. The normalized spacial score (nSPS) is 23.1. The minimum atomic E-state index is 0.381. The highest BCUT2D eigenvalue weighted by Gasteiger charge is 2.21. The molecule has 2 atom stereocenters. The quantitative estimate of drug-likeness (QED) is 0.825. The maximum atomic E-state index is 5.82. The summed E-state index contributed by atoms with van der Waals surface area (Å²) in [5, 5.41) is 5.50. The van der Waals surface area contributed by atoms with E-state index in [0.717, 1.165) is 18.8 Å². The molecule has 1 saturated heterocycles. The maximum absolute atomic E-state index is 5.82. The molecule has 3 N–H and O–H groups in total. The molecular formula is C11H18N2OS. The van der Waals surface area contributed by atoms with Crippen molar-refractivity contribution in [1.82, 2.24) is 5.32 Å². The summed E-state index contributed by atoms with van der Waals surface area (Å²) in [6.45, 7) is 3.95. The smallest absolute Gasteiger partial charge is 0.0726 e. The number of thiophene rings is 1. The number of nitrogens with one attached hydrogen (secondary N) is 1. The first-order chi connectivity index (χ1) is 7.27. The highest BCUT2D eigenvalue weighted by atomic mass is 32.1. The average Bonchev–Trinajstić information content (AvgIpc) is 2.85. The van der Waals surface area contributed by atoms with Crippen LogP contribution in [0.3, 0.4) is 0 Å². The Balaban J connectivity index is 1.80. The lowest BCUT2D eigenvalue weighted by molar-refractivity contribution is 0.0833. The molecule has 1 aromatic heterocycles. The van der Waals surface area contributed by atoms with Gasteiger partial charge in [0.1, 0.15) is 0 Å². The molecule has 0 radical (unpaired) electrons. The molecule has 0 bridgehead atoms. The topological polar surface area (TPSA) is 47.3 Å². The lowest BCUT2D eigenvalue weighted by Gasteiger charge is -2.19. The SMILES string of the molecule is CC(NCc1sccc1N)C1CCCO1. The van der Waals surface area contributed by atoms with E-state index in [1.165, 1.54) is 17.7 Å². The Morgan fingerprint density at radius 3 is 3.20 bits per heavy atom. The summed E-state index contributed by atoms with van der Waals surface area (Å²) in [6, 6.07) is 2.37. The predicted octanol–water partition coefficient (Wildman–Crippen LogP) is 1.99. The zero-order valence-electron chi connectivity index (χ0n) is 9.03. The van der Waals surface area contributed by atoms with Gasteiger partial charge in [0.05, 0.1) is 6.10 Å². The van der Waals surface area contributed by atoms with Crippen LogP contribution in [-0.2, 0) is 11.3 Å². The van der Waals surface area contributed by atoms with Crippen LogP contribution in [0.4, 0.5) is 5.69 Å². The number of hydrogen-bond donors (Lipinski definition) is 2. The third kappa shape index (κ3) is 2.71. The first-order valence-electron chi connectivity index (χ1n) is 5.44. The van der Waals surface area contributed by atoms with E-state index in [1.54, 1.807) is 11.3 Å². The van der Waals surface area contributed by atoms with E-state index in [4.69, 9.17) is 10.5 Å². The van der Waals surface area contributed by atoms with Gasteiger partial charge in [-0.1, -0.05) is 0 Å². The van der Waals surface area contributed by atoms with Gasteiger partial charge in [-0.05, 0) is 31.2 Å². The molecule has 4 heteroatoms. The van der Waals surface area contributed by atoms with Gasteiger partial charge in [0.15, 0.2) is 0 Å². The predicted molar refractivity (Wildman–Crippen MR) is 64.0 cm³/mol. The van der Waals surface area contributed by atoms with E-state index < -0.39 is 0 Å². The Bertz CT molecular complexity index is 307. The second-order valence-electron chi connectivity index (χ2n) is 4.02. The minimum absolute atomic E-state index is 0.381. The summed E-state index contributed by atoms with van der Waals surface area (Å²) >= 11 is 1.71. The molecule has 0 amide bonds. The lowest BCUT2D eigenvalue weighted by atomic mass is 10.1. The van der Waals surface area contributed by atoms with Crippen molar-refractivity contribution in [2.24, 2.45) is 0 Å². The second-order valence-corrected chi connectivity index (χ2v) is 5.02. The van der Waals surface area contributed by atoms with E-state index >= 15 is 0 Å². The van der Waals surface area contributed by atoms with Gasteiger partial charge in [-0.3, -0.25) is 0 Å². The summed E-state index contributed by atoms with van der Waals surface area (Å²) in [5.41, 5.74) is 6.71. The molecule has 2 unspecified atom stereocenters. The molecule has 1 aromatic rings. The van der Waals surface area contributed by atoms with E-state index in [0.29, 0.717) is 12.1 Å². The Hall–Kier alpha value is -0.580. The fraction of sp³-hybridized carbons (Fsp3) is 0.636. The summed E-state index contributed by atoms with van der Waals surface area (Å²) in [7, 11) is 0. The molecule has 1 fully saturated rings. The van der Waals surface area contributed by atoms with Gasteiger partial charge in [0, 0.05) is 29.8 Å². The zero-order valence-corrected chi connectivity index (χ0v) is 9.85. The molecule has 0 spiro atoms. The second kappa shape index (κ2) is 4.96. The van der Waals surface area contributed by atoms with Crippen LogP contribution in [-0.4, -0.2) is 18.8 Å². The lowest BCUT2D eigenvalue weighted by Crippen LogP contribution is -2.36. The van der Waals surface area contributed by atoms with Crippen molar-refractivity contribution in [3.63, 3.8) is 0 Å². The molecule has 1 aliphatic rings. The molecule has 15 heavy (non-hydrogen) atoms. The number of hydrogen-bond acceptors (Lipinski definition) is 4. The van der Waals surface area contributed by atoms with Crippen molar-refractivity contribution in [3.05, 3.63) is 16.3 Å². The monoisotopic (exact) mass is 226 g/mol. The summed E-state index contributed by atoms with van der Waals surface area (Å²) in [5.74, 6) is 0. The zero-order chi connectivity index (χ0) is 10.7. The molecule has 0 saturated carbocycles. The van der Waals surface area contributed by atoms with Crippen molar-refractivity contribution >= 4 is 17.0 Å². The minimum Gasteiger partial charge on any atom is -0.398 e. The first kappa shape index (κ1) is 10.9. The van der Waals surface area contributed by atoms with Crippen molar-refractivity contribution < 1.29 is 4.74 Å².